The molecule has 0 aliphatic carbocycles. The number of carboxylic acid groups (broad SMARTS) is 1. The third-order valence-corrected chi connectivity index (χ3v) is 4.60. The van der Waals surface area contributed by atoms with Gasteiger partial charge in [0.25, 0.3) is 0 Å². The van der Waals surface area contributed by atoms with E-state index in [0.717, 1.165) is 29.8 Å². The van der Waals surface area contributed by atoms with E-state index < -0.39 is 12.0 Å². The zero-order chi connectivity index (χ0) is 19.2. The lowest BCUT2D eigenvalue weighted by molar-refractivity contribution is -0.141. The fourth-order valence-corrected chi connectivity index (χ4v) is 3.20. The Kier molecular flexibility index (Phi) is 5.86. The quantitative estimate of drug-likeness (QED) is 0.786. The molecule has 0 radical (unpaired) electrons. The summed E-state index contributed by atoms with van der Waals surface area (Å²) in [6.45, 7) is 0.721. The average molecular weight is 366 g/mol. The van der Waals surface area contributed by atoms with Crippen molar-refractivity contribution in [1.29, 1.82) is 0 Å². The van der Waals surface area contributed by atoms with E-state index in [1.54, 1.807) is 17.0 Å². The second-order valence-corrected chi connectivity index (χ2v) is 6.64. The highest BCUT2D eigenvalue weighted by atomic mass is 16.4. The van der Waals surface area contributed by atoms with E-state index in [2.05, 4.69) is 5.32 Å². The molecule has 6 heteroatoms. The number of carbonyl (C=O) groups is 3. The topological polar surface area (TPSA) is 86.7 Å². The second kappa shape index (κ2) is 8.49. The minimum atomic E-state index is -1.06. The number of rotatable bonds is 7. The lowest BCUT2D eigenvalue weighted by Crippen LogP contribution is -2.43. The van der Waals surface area contributed by atoms with Gasteiger partial charge in [-0.2, -0.15) is 0 Å². The van der Waals surface area contributed by atoms with Crippen LogP contribution in [-0.4, -0.2) is 35.5 Å². The van der Waals surface area contributed by atoms with Gasteiger partial charge >= 0.3 is 5.97 Å². The van der Waals surface area contributed by atoms with Gasteiger partial charge in [0, 0.05) is 25.1 Å². The first-order valence-corrected chi connectivity index (χ1v) is 8.98. The van der Waals surface area contributed by atoms with Gasteiger partial charge in [0.15, 0.2) is 0 Å². The molecule has 1 aliphatic heterocycles. The van der Waals surface area contributed by atoms with Gasteiger partial charge in [0.05, 0.1) is 6.42 Å². The Bertz CT molecular complexity index is 818. The van der Waals surface area contributed by atoms with Gasteiger partial charge in [-0.25, -0.2) is 4.79 Å². The van der Waals surface area contributed by atoms with Gasteiger partial charge in [-0.3, -0.25) is 9.59 Å². The number of amides is 2. The van der Waals surface area contributed by atoms with Gasteiger partial charge in [0.2, 0.25) is 11.8 Å². The lowest BCUT2D eigenvalue weighted by Gasteiger charge is -2.17. The van der Waals surface area contributed by atoms with E-state index >= 15 is 0 Å². The highest BCUT2D eigenvalue weighted by molar-refractivity contribution is 5.95. The maximum Gasteiger partial charge on any atom is 0.326 e. The molecule has 0 aromatic heterocycles. The van der Waals surface area contributed by atoms with Crippen LogP contribution in [0.2, 0.25) is 0 Å². The van der Waals surface area contributed by atoms with Crippen LogP contribution in [0, 0.1) is 0 Å². The summed E-state index contributed by atoms with van der Waals surface area (Å²) in [5.74, 6) is -1.29. The summed E-state index contributed by atoms with van der Waals surface area (Å²) in [6.07, 6.45) is 1.76. The average Bonchev–Trinajstić information content (AvgIpc) is 3.08. The normalized spacial score (nSPS) is 14.8. The Morgan fingerprint density at radius 3 is 2.33 bits per heavy atom. The fraction of sp³-hybridized carbons (Fsp3) is 0.286. The van der Waals surface area contributed by atoms with Crippen LogP contribution >= 0.6 is 0 Å². The molecule has 0 spiro atoms. The third-order valence-electron chi connectivity index (χ3n) is 4.60. The van der Waals surface area contributed by atoms with Crippen molar-refractivity contribution in [2.24, 2.45) is 0 Å². The van der Waals surface area contributed by atoms with Gasteiger partial charge in [-0.1, -0.05) is 42.5 Å². The predicted octanol–water partition coefficient (Wildman–Crippen LogP) is 2.17. The summed E-state index contributed by atoms with van der Waals surface area (Å²) in [5.41, 5.74) is 2.45. The fourth-order valence-electron chi connectivity index (χ4n) is 3.20. The van der Waals surface area contributed by atoms with Crippen molar-refractivity contribution in [2.45, 2.75) is 31.7 Å². The number of nitrogens with zero attached hydrogens (tertiary/aromatic N) is 1. The second-order valence-electron chi connectivity index (χ2n) is 6.64. The Labute approximate surface area is 157 Å². The van der Waals surface area contributed by atoms with Crippen LogP contribution in [0.5, 0.6) is 0 Å². The van der Waals surface area contributed by atoms with Gasteiger partial charge in [0.1, 0.15) is 6.04 Å². The van der Waals surface area contributed by atoms with Crippen LogP contribution in [-0.2, 0) is 27.2 Å². The summed E-state index contributed by atoms with van der Waals surface area (Å²) < 4.78 is 0. The maximum absolute atomic E-state index is 12.3. The zero-order valence-electron chi connectivity index (χ0n) is 14.9. The minimum absolute atomic E-state index is 0.0901. The molecule has 2 aromatic rings. The largest absolute Gasteiger partial charge is 0.480 e. The molecule has 0 bridgehead atoms. The minimum Gasteiger partial charge on any atom is -0.480 e. The van der Waals surface area contributed by atoms with Crippen molar-refractivity contribution in [3.63, 3.8) is 0 Å². The molecule has 1 fully saturated rings. The number of hydrogen-bond donors (Lipinski definition) is 2. The van der Waals surface area contributed by atoms with Crippen LogP contribution in [0.4, 0.5) is 5.69 Å². The number of aliphatic carboxylic acids is 1. The smallest absolute Gasteiger partial charge is 0.326 e. The molecule has 1 heterocycles. The molecule has 2 amide bonds. The molecule has 27 heavy (non-hydrogen) atoms. The number of carbonyl (C=O) groups excluding carboxylic acids is 2. The van der Waals surface area contributed by atoms with Crippen LogP contribution in [0.1, 0.15) is 24.0 Å². The molecule has 1 atom stereocenters. The standard InChI is InChI=1S/C21H22N2O4/c24-19(22-18(21(26)27)13-15-5-2-1-3-6-15)14-16-8-10-17(11-9-16)23-12-4-7-20(23)25/h1-3,5-6,8-11,18H,4,7,12-14H2,(H,22,24)(H,26,27)/t18-/m0/s1. The molecule has 1 aliphatic rings. The van der Waals surface area contributed by atoms with Crippen LogP contribution in [0.25, 0.3) is 0 Å². The summed E-state index contributed by atoms with van der Waals surface area (Å²) >= 11 is 0. The summed E-state index contributed by atoms with van der Waals surface area (Å²) in [6, 6.07) is 15.5. The van der Waals surface area contributed by atoms with E-state index in [4.69, 9.17) is 0 Å². The van der Waals surface area contributed by atoms with Crippen molar-refractivity contribution in [3.05, 3.63) is 65.7 Å². The molecule has 6 nitrogen and oxygen atoms in total. The predicted molar refractivity (Wildman–Crippen MR) is 101 cm³/mol. The van der Waals surface area contributed by atoms with Crippen LogP contribution in [0.15, 0.2) is 54.6 Å². The van der Waals surface area contributed by atoms with E-state index in [0.29, 0.717) is 6.42 Å². The first-order chi connectivity index (χ1) is 13.0. The number of hydrogen-bond acceptors (Lipinski definition) is 3. The summed E-state index contributed by atoms with van der Waals surface area (Å²) in [4.78, 5) is 37.3. The van der Waals surface area contributed by atoms with Gasteiger partial charge in [-0.05, 0) is 29.7 Å². The van der Waals surface area contributed by atoms with E-state index in [1.165, 1.54) is 0 Å². The first kappa shape index (κ1) is 18.6. The summed E-state index contributed by atoms with van der Waals surface area (Å²) in [5, 5.41) is 12.0. The highest BCUT2D eigenvalue weighted by Crippen LogP contribution is 2.21. The van der Waals surface area contributed by atoms with Crippen molar-refractivity contribution in [1.82, 2.24) is 5.32 Å². The van der Waals surface area contributed by atoms with Crippen molar-refractivity contribution in [2.75, 3.05) is 11.4 Å². The molecular formula is C21H22N2O4. The van der Waals surface area contributed by atoms with Gasteiger partial charge in [-0.15, -0.1) is 0 Å². The Hall–Kier alpha value is -3.15. The Balaban J connectivity index is 1.58. The van der Waals surface area contributed by atoms with E-state index in [1.807, 2.05) is 42.5 Å². The molecule has 0 unspecified atom stereocenters. The van der Waals surface area contributed by atoms with Crippen LogP contribution in [0.3, 0.4) is 0 Å². The van der Waals surface area contributed by atoms with Crippen molar-refractivity contribution < 1.29 is 19.5 Å². The Morgan fingerprint density at radius 1 is 1.04 bits per heavy atom. The van der Waals surface area contributed by atoms with E-state index in [9.17, 15) is 19.5 Å². The molecule has 0 saturated carbocycles. The lowest BCUT2D eigenvalue weighted by atomic mass is 10.1. The molecule has 140 valence electrons. The van der Waals surface area contributed by atoms with E-state index in [-0.39, 0.29) is 24.7 Å². The van der Waals surface area contributed by atoms with Crippen molar-refractivity contribution in [3.8, 4) is 0 Å². The number of anilines is 1. The van der Waals surface area contributed by atoms with Crippen molar-refractivity contribution >= 4 is 23.5 Å². The third kappa shape index (κ3) is 4.94. The first-order valence-electron chi connectivity index (χ1n) is 8.98. The molecule has 1 saturated heterocycles. The molecule has 2 aromatic carbocycles. The molecule has 3 rings (SSSR count). The summed E-state index contributed by atoms with van der Waals surface area (Å²) in [7, 11) is 0. The highest BCUT2D eigenvalue weighted by Gasteiger charge is 2.22. The van der Waals surface area contributed by atoms with Crippen LogP contribution < -0.4 is 10.2 Å². The number of benzene rings is 2. The zero-order valence-corrected chi connectivity index (χ0v) is 14.9. The molecular weight excluding hydrogens is 344 g/mol. The van der Waals surface area contributed by atoms with Gasteiger partial charge < -0.3 is 15.3 Å². The SMILES string of the molecule is O=C(Cc1ccc(N2CCCC2=O)cc1)N[C@@H](Cc1ccccc1)C(=O)O. The number of carboxylic acids is 1. The molecule has 2 N–H and O–H groups in total. The Morgan fingerprint density at radius 2 is 1.74 bits per heavy atom. The number of nitrogens with one attached hydrogen (secondary N) is 1. The monoisotopic (exact) mass is 366 g/mol. The maximum atomic E-state index is 12.3.